The molecule has 1 rings (SSSR count). The zero-order valence-electron chi connectivity index (χ0n) is 9.32. The van der Waals surface area contributed by atoms with Crippen LogP contribution in [-0.2, 0) is 4.79 Å². The number of aliphatic carboxylic acids is 1. The Hall–Kier alpha value is -1.51. The number of carboxylic acid groups (broad SMARTS) is 1. The first-order chi connectivity index (χ1) is 6.82. The number of hydrogen-bond donors (Lipinski definition) is 2. The topological polar surface area (TPSA) is 63.3 Å². The summed E-state index contributed by atoms with van der Waals surface area (Å²) in [5, 5.41) is 9.21. The molecule has 0 heterocycles. The average molecular weight is 207 g/mol. The second kappa shape index (κ2) is 3.93. The second-order valence-electron chi connectivity index (χ2n) is 4.81. The van der Waals surface area contributed by atoms with Crippen LogP contribution in [0.5, 0.6) is 0 Å². The molecule has 3 N–H and O–H groups in total. The van der Waals surface area contributed by atoms with Crippen molar-refractivity contribution in [3.8, 4) is 0 Å². The molecule has 0 bridgehead atoms. The number of anilines is 1. The maximum Gasteiger partial charge on any atom is 0.311 e. The van der Waals surface area contributed by atoms with Crippen LogP contribution < -0.4 is 5.73 Å². The Bertz CT molecular complexity index is 366. The highest BCUT2D eigenvalue weighted by molar-refractivity contribution is 5.77. The van der Waals surface area contributed by atoms with E-state index in [1.165, 1.54) is 0 Å². The predicted octanol–water partition coefficient (Wildman–Crippen LogP) is 2.48. The van der Waals surface area contributed by atoms with Gasteiger partial charge in [-0.15, -0.1) is 0 Å². The summed E-state index contributed by atoms with van der Waals surface area (Å²) in [7, 11) is 0. The van der Waals surface area contributed by atoms with Gasteiger partial charge in [0, 0.05) is 5.69 Å². The average Bonchev–Trinajstić information content (AvgIpc) is 1.99. The van der Waals surface area contributed by atoms with E-state index in [4.69, 9.17) is 5.73 Å². The monoisotopic (exact) mass is 207 g/mol. The van der Waals surface area contributed by atoms with Crippen molar-refractivity contribution in [1.29, 1.82) is 0 Å². The zero-order valence-corrected chi connectivity index (χ0v) is 9.32. The van der Waals surface area contributed by atoms with Gasteiger partial charge in [0.1, 0.15) is 0 Å². The van der Waals surface area contributed by atoms with Crippen LogP contribution in [-0.4, -0.2) is 11.1 Å². The van der Waals surface area contributed by atoms with Crippen molar-refractivity contribution in [1.82, 2.24) is 0 Å². The van der Waals surface area contributed by atoms with Crippen molar-refractivity contribution in [2.45, 2.75) is 26.7 Å². The summed E-state index contributed by atoms with van der Waals surface area (Å²) in [6, 6.07) is 7.07. The lowest BCUT2D eigenvalue weighted by Crippen LogP contribution is -2.26. The molecule has 3 heteroatoms. The van der Waals surface area contributed by atoms with Gasteiger partial charge in [0.25, 0.3) is 0 Å². The van der Waals surface area contributed by atoms with Gasteiger partial charge in [-0.1, -0.05) is 32.9 Å². The number of benzene rings is 1. The molecule has 82 valence electrons. The molecular formula is C12H17NO2. The number of hydrogen-bond acceptors (Lipinski definition) is 2. The van der Waals surface area contributed by atoms with Gasteiger partial charge in [-0.25, -0.2) is 0 Å². The third-order valence-corrected chi connectivity index (χ3v) is 2.36. The van der Waals surface area contributed by atoms with Gasteiger partial charge >= 0.3 is 5.97 Å². The van der Waals surface area contributed by atoms with E-state index in [9.17, 15) is 9.90 Å². The van der Waals surface area contributed by atoms with Crippen LogP contribution in [0.3, 0.4) is 0 Å². The highest BCUT2D eigenvalue weighted by Gasteiger charge is 2.32. The molecule has 1 aromatic rings. The molecule has 0 amide bonds. The van der Waals surface area contributed by atoms with Crippen molar-refractivity contribution >= 4 is 11.7 Å². The fraction of sp³-hybridized carbons (Fsp3) is 0.417. The minimum atomic E-state index is -0.812. The van der Waals surface area contributed by atoms with Crippen molar-refractivity contribution in [2.24, 2.45) is 5.41 Å². The lowest BCUT2D eigenvalue weighted by molar-refractivity contribution is -0.141. The Morgan fingerprint density at radius 2 is 2.00 bits per heavy atom. The van der Waals surface area contributed by atoms with Gasteiger partial charge < -0.3 is 10.8 Å². The number of carboxylic acids is 1. The Morgan fingerprint density at radius 1 is 1.40 bits per heavy atom. The van der Waals surface area contributed by atoms with E-state index in [-0.39, 0.29) is 5.41 Å². The van der Waals surface area contributed by atoms with E-state index in [1.807, 2.05) is 20.8 Å². The first-order valence-electron chi connectivity index (χ1n) is 4.90. The molecule has 3 nitrogen and oxygen atoms in total. The van der Waals surface area contributed by atoms with Gasteiger partial charge in [-0.05, 0) is 23.1 Å². The molecule has 15 heavy (non-hydrogen) atoms. The van der Waals surface area contributed by atoms with Gasteiger partial charge in [-0.2, -0.15) is 0 Å². The van der Waals surface area contributed by atoms with Crippen LogP contribution in [0.4, 0.5) is 5.69 Å². The summed E-state index contributed by atoms with van der Waals surface area (Å²) < 4.78 is 0. The molecule has 0 aliphatic rings. The molecule has 1 unspecified atom stereocenters. The first-order valence-corrected chi connectivity index (χ1v) is 4.90. The molecule has 0 saturated carbocycles. The van der Waals surface area contributed by atoms with E-state index in [1.54, 1.807) is 24.3 Å². The van der Waals surface area contributed by atoms with Crippen LogP contribution in [0.15, 0.2) is 24.3 Å². The van der Waals surface area contributed by atoms with Gasteiger partial charge in [0.2, 0.25) is 0 Å². The lowest BCUT2D eigenvalue weighted by atomic mass is 9.76. The number of carbonyl (C=O) groups is 1. The molecular weight excluding hydrogens is 190 g/mol. The highest BCUT2D eigenvalue weighted by Crippen LogP contribution is 2.35. The standard InChI is InChI=1S/C12H17NO2/c1-12(2,3)10(11(14)15)8-5-4-6-9(13)7-8/h4-7,10H,13H2,1-3H3,(H,14,15). The van der Waals surface area contributed by atoms with Crippen molar-refractivity contribution in [3.63, 3.8) is 0 Å². The minimum absolute atomic E-state index is 0.320. The Balaban J connectivity index is 3.16. The molecule has 0 aromatic heterocycles. The Morgan fingerprint density at radius 3 is 2.40 bits per heavy atom. The smallest absolute Gasteiger partial charge is 0.311 e. The van der Waals surface area contributed by atoms with Crippen LogP contribution in [0, 0.1) is 5.41 Å². The van der Waals surface area contributed by atoms with Crippen molar-refractivity contribution in [2.75, 3.05) is 5.73 Å². The van der Waals surface area contributed by atoms with Gasteiger partial charge in [0.05, 0.1) is 5.92 Å². The highest BCUT2D eigenvalue weighted by atomic mass is 16.4. The summed E-state index contributed by atoms with van der Waals surface area (Å²) in [5.74, 6) is -1.34. The molecule has 1 atom stereocenters. The van der Waals surface area contributed by atoms with Crippen LogP contribution in [0.2, 0.25) is 0 Å². The van der Waals surface area contributed by atoms with Crippen molar-refractivity contribution in [3.05, 3.63) is 29.8 Å². The third kappa shape index (κ3) is 2.72. The van der Waals surface area contributed by atoms with E-state index < -0.39 is 11.9 Å². The minimum Gasteiger partial charge on any atom is -0.481 e. The lowest BCUT2D eigenvalue weighted by Gasteiger charge is -2.27. The summed E-state index contributed by atoms with van der Waals surface area (Å²) in [4.78, 5) is 11.2. The van der Waals surface area contributed by atoms with Crippen LogP contribution in [0.1, 0.15) is 32.3 Å². The number of rotatable bonds is 2. The normalized spacial score (nSPS) is 13.5. The number of nitrogen functional groups attached to an aromatic ring is 1. The van der Waals surface area contributed by atoms with E-state index in [2.05, 4.69) is 0 Å². The Kier molecular flexibility index (Phi) is 3.03. The molecule has 0 aliphatic heterocycles. The molecule has 1 aromatic carbocycles. The summed E-state index contributed by atoms with van der Waals surface area (Å²) in [5.41, 5.74) is 6.69. The molecule has 0 fully saturated rings. The quantitative estimate of drug-likeness (QED) is 0.732. The van der Waals surface area contributed by atoms with Crippen LogP contribution >= 0.6 is 0 Å². The summed E-state index contributed by atoms with van der Waals surface area (Å²) >= 11 is 0. The Labute approximate surface area is 89.9 Å². The molecule has 0 radical (unpaired) electrons. The molecule has 0 aliphatic carbocycles. The van der Waals surface area contributed by atoms with E-state index in [0.29, 0.717) is 5.69 Å². The fourth-order valence-electron chi connectivity index (χ4n) is 1.75. The fourth-order valence-corrected chi connectivity index (χ4v) is 1.75. The SMILES string of the molecule is CC(C)(C)C(C(=O)O)c1cccc(N)c1. The number of nitrogens with two attached hydrogens (primary N) is 1. The van der Waals surface area contributed by atoms with Crippen LogP contribution in [0.25, 0.3) is 0 Å². The summed E-state index contributed by atoms with van der Waals surface area (Å²) in [6.45, 7) is 5.74. The van der Waals surface area contributed by atoms with E-state index in [0.717, 1.165) is 5.56 Å². The third-order valence-electron chi connectivity index (χ3n) is 2.36. The predicted molar refractivity (Wildman–Crippen MR) is 60.7 cm³/mol. The van der Waals surface area contributed by atoms with E-state index >= 15 is 0 Å². The van der Waals surface area contributed by atoms with Crippen molar-refractivity contribution < 1.29 is 9.90 Å². The second-order valence-corrected chi connectivity index (χ2v) is 4.81. The van der Waals surface area contributed by atoms with Gasteiger partial charge in [-0.3, -0.25) is 4.79 Å². The zero-order chi connectivity index (χ0) is 11.6. The maximum atomic E-state index is 11.2. The van der Waals surface area contributed by atoms with Gasteiger partial charge in [0.15, 0.2) is 0 Å². The maximum absolute atomic E-state index is 11.2. The first kappa shape index (κ1) is 11.6. The molecule has 0 spiro atoms. The largest absolute Gasteiger partial charge is 0.481 e. The summed E-state index contributed by atoms with van der Waals surface area (Å²) in [6.07, 6.45) is 0. The molecule has 0 saturated heterocycles.